The Kier molecular flexibility index (Phi) is 42.1. The lowest BCUT2D eigenvalue weighted by Crippen LogP contribution is -2.34. The van der Waals surface area contributed by atoms with Crippen LogP contribution in [0, 0.1) is 0 Å². The number of nitrogens with two attached hydrogens (primary N) is 1. The SMILES string of the molecule is CC/C=C\C/C=C\C/C=C\C/C=C\C/C=C\C/C=C\C/C=C\CCCC(=O)OC(COCCCCCCCCCCCCCCCCC)COP(=O)(O)OCC(N)C(=O)O. The molecule has 0 amide bonds. The highest BCUT2D eigenvalue weighted by molar-refractivity contribution is 7.47. The number of esters is 1. The van der Waals surface area contributed by atoms with E-state index in [-0.39, 0.29) is 13.0 Å². The minimum Gasteiger partial charge on any atom is -0.480 e. The maximum atomic E-state index is 12.6. The molecule has 0 aliphatic heterocycles. The van der Waals surface area contributed by atoms with Crippen LogP contribution >= 0.6 is 7.82 Å². The fourth-order valence-electron chi connectivity index (χ4n) is 5.89. The number of carboxylic acids is 1. The molecule has 4 N–H and O–H groups in total. The van der Waals surface area contributed by atoms with E-state index in [1.54, 1.807) is 0 Å². The van der Waals surface area contributed by atoms with Gasteiger partial charge in [0, 0.05) is 13.0 Å². The van der Waals surface area contributed by atoms with Crippen molar-refractivity contribution in [3.8, 4) is 0 Å². The van der Waals surface area contributed by atoms with Crippen LogP contribution in [-0.2, 0) is 32.7 Å². The Morgan fingerprint density at radius 2 is 0.950 bits per heavy atom. The Labute approximate surface area is 365 Å². The highest BCUT2D eigenvalue weighted by atomic mass is 31.2. The van der Waals surface area contributed by atoms with E-state index in [0.29, 0.717) is 19.4 Å². The molecule has 0 aliphatic carbocycles. The number of carbonyl (C=O) groups is 2. The fourth-order valence-corrected chi connectivity index (χ4v) is 6.66. The molecule has 0 bridgehead atoms. The summed E-state index contributed by atoms with van der Waals surface area (Å²) in [6.07, 6.45) is 56.4. The molecule has 0 saturated heterocycles. The predicted octanol–water partition coefficient (Wildman–Crippen LogP) is 13.1. The van der Waals surface area contributed by atoms with Gasteiger partial charge in [-0.15, -0.1) is 0 Å². The predicted molar refractivity (Wildman–Crippen MR) is 249 cm³/mol. The van der Waals surface area contributed by atoms with Gasteiger partial charge in [-0.1, -0.05) is 189 Å². The normalized spacial score (nSPS) is 14.6. The van der Waals surface area contributed by atoms with Crippen molar-refractivity contribution in [3.05, 3.63) is 85.1 Å². The summed E-state index contributed by atoms with van der Waals surface area (Å²) < 4.78 is 33.3. The average Bonchev–Trinajstić information content (AvgIpc) is 3.23. The molecule has 0 aliphatic rings. The van der Waals surface area contributed by atoms with Gasteiger partial charge in [0.05, 0.1) is 19.8 Å². The second-order valence-electron chi connectivity index (χ2n) is 15.2. The van der Waals surface area contributed by atoms with E-state index in [1.807, 2.05) is 6.08 Å². The molecule has 3 unspecified atom stereocenters. The quantitative estimate of drug-likeness (QED) is 0.0233. The molecule has 0 aromatic heterocycles. The Hall–Kier alpha value is -2.85. The Balaban J connectivity index is 4.33. The van der Waals surface area contributed by atoms with Crippen molar-refractivity contribution in [1.82, 2.24) is 0 Å². The van der Waals surface area contributed by atoms with Gasteiger partial charge in [0.2, 0.25) is 0 Å². The van der Waals surface area contributed by atoms with Gasteiger partial charge in [0.15, 0.2) is 0 Å². The molecule has 0 aromatic rings. The maximum Gasteiger partial charge on any atom is 0.472 e. The van der Waals surface area contributed by atoms with E-state index in [1.165, 1.54) is 77.0 Å². The second-order valence-corrected chi connectivity index (χ2v) is 16.6. The van der Waals surface area contributed by atoms with Crippen LogP contribution in [0.1, 0.15) is 174 Å². The molecule has 11 heteroatoms. The molecule has 0 rings (SSSR count). The van der Waals surface area contributed by atoms with E-state index >= 15 is 0 Å². The number of allylic oxidation sites excluding steroid dienone is 14. The van der Waals surface area contributed by atoms with Crippen LogP contribution in [0.15, 0.2) is 85.1 Å². The van der Waals surface area contributed by atoms with Crippen molar-refractivity contribution in [3.63, 3.8) is 0 Å². The van der Waals surface area contributed by atoms with Gasteiger partial charge < -0.3 is 25.2 Å². The monoisotopic (exact) mass is 862 g/mol. The lowest BCUT2D eigenvalue weighted by atomic mass is 10.0. The molecule has 10 nitrogen and oxygen atoms in total. The Bertz CT molecular complexity index is 1270. The first kappa shape index (κ1) is 57.1. The lowest BCUT2D eigenvalue weighted by molar-refractivity contribution is -0.154. The molecule has 344 valence electrons. The van der Waals surface area contributed by atoms with Crippen LogP contribution in [0.4, 0.5) is 0 Å². The number of unbranched alkanes of at least 4 members (excludes halogenated alkanes) is 15. The Morgan fingerprint density at radius 1 is 0.550 bits per heavy atom. The summed E-state index contributed by atoms with van der Waals surface area (Å²) in [5.74, 6) is -1.84. The molecule has 3 atom stereocenters. The third-order valence-corrected chi connectivity index (χ3v) is 10.4. The summed E-state index contributed by atoms with van der Waals surface area (Å²) in [7, 11) is -4.64. The molecule has 60 heavy (non-hydrogen) atoms. The third kappa shape index (κ3) is 43.2. The van der Waals surface area contributed by atoms with Crippen molar-refractivity contribution >= 4 is 19.8 Å². The number of hydrogen-bond donors (Lipinski definition) is 3. The van der Waals surface area contributed by atoms with Crippen molar-refractivity contribution in [2.75, 3.05) is 26.4 Å². The summed E-state index contributed by atoms with van der Waals surface area (Å²) in [4.78, 5) is 33.6. The summed E-state index contributed by atoms with van der Waals surface area (Å²) in [5, 5.41) is 8.91. The molecule has 0 fully saturated rings. The summed E-state index contributed by atoms with van der Waals surface area (Å²) in [5.41, 5.74) is 5.36. The van der Waals surface area contributed by atoms with Crippen LogP contribution in [0.3, 0.4) is 0 Å². The number of rotatable bonds is 43. The van der Waals surface area contributed by atoms with Gasteiger partial charge in [-0.05, 0) is 64.2 Å². The first-order valence-corrected chi connectivity index (χ1v) is 24.6. The standard InChI is InChI=1S/C49H84NO9P/c1-3-5-7-9-11-13-15-17-19-20-21-22-23-24-25-26-27-29-31-33-35-37-39-41-48(51)59-46(44-57-60(54,55)58-45-47(50)49(52)53)43-56-42-40-38-36-34-32-30-28-18-16-14-12-10-8-6-4-2/h5,7,11,13,17,19,21-22,24-25,27,29,33,35,46-47H,3-4,6,8-10,12,14-16,18,20,23,26,28,30-32,34,36-45,50H2,1-2H3,(H,52,53)(H,54,55)/b7-5-,13-11-,19-17-,22-21-,25-24-,29-27-,35-33-. The van der Waals surface area contributed by atoms with Crippen molar-refractivity contribution in [2.45, 2.75) is 187 Å². The van der Waals surface area contributed by atoms with Crippen LogP contribution < -0.4 is 5.73 Å². The molecular formula is C49H84NO9P. The van der Waals surface area contributed by atoms with E-state index in [4.69, 9.17) is 29.4 Å². The van der Waals surface area contributed by atoms with E-state index < -0.39 is 45.1 Å². The molecule has 0 heterocycles. The number of ether oxygens (including phenoxy) is 2. The fraction of sp³-hybridized carbons (Fsp3) is 0.673. The second kappa shape index (κ2) is 44.2. The number of aliphatic carboxylic acids is 1. The minimum atomic E-state index is -4.64. The van der Waals surface area contributed by atoms with Crippen molar-refractivity contribution in [2.24, 2.45) is 5.73 Å². The van der Waals surface area contributed by atoms with Crippen LogP contribution in [0.2, 0.25) is 0 Å². The molecule has 0 spiro atoms. The van der Waals surface area contributed by atoms with E-state index in [0.717, 1.165) is 64.2 Å². The highest BCUT2D eigenvalue weighted by Crippen LogP contribution is 2.43. The summed E-state index contributed by atoms with van der Waals surface area (Å²) >= 11 is 0. The van der Waals surface area contributed by atoms with E-state index in [2.05, 4.69) is 92.8 Å². The van der Waals surface area contributed by atoms with Crippen molar-refractivity contribution in [1.29, 1.82) is 0 Å². The lowest BCUT2D eigenvalue weighted by Gasteiger charge is -2.20. The van der Waals surface area contributed by atoms with Crippen LogP contribution in [0.5, 0.6) is 0 Å². The number of hydrogen-bond acceptors (Lipinski definition) is 8. The number of carboxylic acid groups (broad SMARTS) is 1. The molecular weight excluding hydrogens is 778 g/mol. The zero-order chi connectivity index (χ0) is 44.0. The number of carbonyl (C=O) groups excluding carboxylic acids is 1. The van der Waals surface area contributed by atoms with Gasteiger partial charge in [-0.3, -0.25) is 18.6 Å². The zero-order valence-corrected chi connectivity index (χ0v) is 38.4. The number of phosphoric ester groups is 1. The van der Waals surface area contributed by atoms with Gasteiger partial charge in [0.1, 0.15) is 12.1 Å². The topological polar surface area (TPSA) is 155 Å². The van der Waals surface area contributed by atoms with Crippen LogP contribution in [0.25, 0.3) is 0 Å². The minimum absolute atomic E-state index is 0.00908. The number of phosphoric acid groups is 1. The third-order valence-electron chi connectivity index (χ3n) is 9.44. The van der Waals surface area contributed by atoms with Gasteiger partial charge in [0.25, 0.3) is 0 Å². The maximum absolute atomic E-state index is 12.6. The highest BCUT2D eigenvalue weighted by Gasteiger charge is 2.27. The summed E-state index contributed by atoms with van der Waals surface area (Å²) in [6, 6.07) is -1.49. The summed E-state index contributed by atoms with van der Waals surface area (Å²) in [6.45, 7) is 3.69. The van der Waals surface area contributed by atoms with Crippen LogP contribution in [-0.4, -0.2) is 60.5 Å². The molecule has 0 saturated carbocycles. The molecule has 0 radical (unpaired) electrons. The van der Waals surface area contributed by atoms with Gasteiger partial charge >= 0.3 is 19.8 Å². The van der Waals surface area contributed by atoms with E-state index in [9.17, 15) is 19.0 Å². The van der Waals surface area contributed by atoms with Crippen molar-refractivity contribution < 1.29 is 42.7 Å². The Morgan fingerprint density at radius 3 is 1.38 bits per heavy atom. The largest absolute Gasteiger partial charge is 0.480 e. The first-order chi connectivity index (χ1) is 29.2. The van der Waals surface area contributed by atoms with Gasteiger partial charge in [-0.2, -0.15) is 0 Å². The smallest absolute Gasteiger partial charge is 0.472 e. The first-order valence-electron chi connectivity index (χ1n) is 23.1. The van der Waals surface area contributed by atoms with Gasteiger partial charge in [-0.25, -0.2) is 4.57 Å². The zero-order valence-electron chi connectivity index (χ0n) is 37.5. The average molecular weight is 862 g/mol. The molecule has 0 aromatic carbocycles.